The van der Waals surface area contributed by atoms with Gasteiger partial charge in [-0.15, -0.1) is 0 Å². The van der Waals surface area contributed by atoms with E-state index in [1.165, 1.54) is 19.0 Å². The molecule has 1 unspecified atom stereocenters. The highest BCUT2D eigenvalue weighted by molar-refractivity contribution is 5.42. The first kappa shape index (κ1) is 15.4. The minimum absolute atomic E-state index is 0.176. The summed E-state index contributed by atoms with van der Waals surface area (Å²) < 4.78 is 19.5. The zero-order chi connectivity index (χ0) is 15.6. The Bertz CT molecular complexity index is 519. The third kappa shape index (κ3) is 3.30. The Kier molecular flexibility index (Phi) is 4.44. The molecule has 1 atom stereocenters. The van der Waals surface area contributed by atoms with Crippen LogP contribution in [0, 0.1) is 11.2 Å². The van der Waals surface area contributed by atoms with Crippen LogP contribution < -0.4 is 15.5 Å². The van der Waals surface area contributed by atoms with Crippen molar-refractivity contribution >= 4 is 11.8 Å². The highest BCUT2D eigenvalue weighted by atomic mass is 19.1. The summed E-state index contributed by atoms with van der Waals surface area (Å²) in [4.78, 5) is 9.83. The van der Waals surface area contributed by atoms with Gasteiger partial charge in [0.15, 0.2) is 11.6 Å². The maximum atomic E-state index is 13.6. The summed E-state index contributed by atoms with van der Waals surface area (Å²) in [5, 5.41) is 6.57. The smallest absolute Gasteiger partial charge is 0.224 e. The fraction of sp³-hybridized carbons (Fsp3) is 0.733. The predicted octanol–water partition coefficient (Wildman–Crippen LogP) is 1.25. The van der Waals surface area contributed by atoms with Gasteiger partial charge in [-0.2, -0.15) is 4.98 Å². The number of hydrogen-bond acceptors (Lipinski definition) is 6. The van der Waals surface area contributed by atoms with Gasteiger partial charge in [-0.1, -0.05) is 0 Å². The number of halogens is 1. The molecule has 1 aromatic rings. The van der Waals surface area contributed by atoms with Gasteiger partial charge in [0.1, 0.15) is 0 Å². The summed E-state index contributed by atoms with van der Waals surface area (Å²) in [6, 6.07) is 0. The summed E-state index contributed by atoms with van der Waals surface area (Å²) in [6.45, 7) is 3.66. The van der Waals surface area contributed by atoms with E-state index in [0.717, 1.165) is 26.1 Å². The second-order valence-corrected chi connectivity index (χ2v) is 6.53. The van der Waals surface area contributed by atoms with Crippen LogP contribution in [0.1, 0.15) is 19.3 Å². The van der Waals surface area contributed by atoms with E-state index in [4.69, 9.17) is 4.74 Å². The second kappa shape index (κ2) is 6.34. The maximum absolute atomic E-state index is 13.6. The largest absolute Gasteiger partial charge is 0.376 e. The molecule has 2 aliphatic heterocycles. The molecule has 0 radical (unpaired) electrons. The van der Waals surface area contributed by atoms with Gasteiger partial charge in [0.05, 0.1) is 18.9 Å². The molecular weight excluding hydrogens is 285 g/mol. The van der Waals surface area contributed by atoms with Crippen molar-refractivity contribution in [2.24, 2.45) is 5.41 Å². The van der Waals surface area contributed by atoms with Crippen molar-refractivity contribution in [2.45, 2.75) is 25.4 Å². The van der Waals surface area contributed by atoms with Gasteiger partial charge < -0.3 is 20.3 Å². The van der Waals surface area contributed by atoms with E-state index in [9.17, 15) is 4.39 Å². The monoisotopic (exact) mass is 309 g/mol. The zero-order valence-corrected chi connectivity index (χ0v) is 13.2. The molecule has 22 heavy (non-hydrogen) atoms. The normalized spacial score (nSPS) is 23.7. The van der Waals surface area contributed by atoms with E-state index < -0.39 is 5.82 Å². The van der Waals surface area contributed by atoms with Crippen molar-refractivity contribution < 1.29 is 9.13 Å². The minimum Gasteiger partial charge on any atom is -0.376 e. The van der Waals surface area contributed by atoms with Crippen LogP contribution in [0.25, 0.3) is 0 Å². The van der Waals surface area contributed by atoms with Crippen LogP contribution in [0.2, 0.25) is 0 Å². The molecule has 2 aliphatic rings. The van der Waals surface area contributed by atoms with E-state index in [2.05, 4.69) is 20.6 Å². The minimum atomic E-state index is -0.415. The van der Waals surface area contributed by atoms with E-state index in [1.807, 2.05) is 0 Å². The van der Waals surface area contributed by atoms with Gasteiger partial charge in [0.2, 0.25) is 5.95 Å². The van der Waals surface area contributed by atoms with Gasteiger partial charge in [0, 0.05) is 20.6 Å². The molecule has 3 rings (SSSR count). The standard InChI is InChI=1S/C15H24FN5O/c1-21(2)13-12(16)9-19-14(20-13)18-8-11-7-15(10-22-11)3-5-17-6-4-15/h9,11,17H,3-8,10H2,1-2H3,(H,18,19,20). The Morgan fingerprint density at radius 3 is 2.95 bits per heavy atom. The molecule has 7 heteroatoms. The molecule has 0 aliphatic carbocycles. The van der Waals surface area contributed by atoms with Crippen molar-refractivity contribution in [2.75, 3.05) is 50.6 Å². The van der Waals surface area contributed by atoms with Crippen LogP contribution in [-0.2, 0) is 4.74 Å². The number of nitrogens with one attached hydrogen (secondary N) is 2. The Morgan fingerprint density at radius 2 is 2.23 bits per heavy atom. The van der Waals surface area contributed by atoms with Crippen molar-refractivity contribution in [1.82, 2.24) is 15.3 Å². The van der Waals surface area contributed by atoms with E-state index in [1.54, 1.807) is 19.0 Å². The summed E-state index contributed by atoms with van der Waals surface area (Å²) in [5.74, 6) is 0.320. The molecular formula is C15H24FN5O. The summed E-state index contributed by atoms with van der Waals surface area (Å²) in [7, 11) is 3.52. The first-order valence-corrected chi connectivity index (χ1v) is 7.84. The highest BCUT2D eigenvalue weighted by Crippen LogP contribution is 2.40. The number of nitrogens with zero attached hydrogens (tertiary/aromatic N) is 3. The van der Waals surface area contributed by atoms with E-state index >= 15 is 0 Å². The van der Waals surface area contributed by atoms with Crippen molar-refractivity contribution in [3.8, 4) is 0 Å². The summed E-state index contributed by atoms with van der Waals surface area (Å²) in [6.07, 6.45) is 4.81. The molecule has 2 N–H and O–H groups in total. The number of hydrogen-bond donors (Lipinski definition) is 2. The molecule has 0 bridgehead atoms. The highest BCUT2D eigenvalue weighted by Gasteiger charge is 2.40. The van der Waals surface area contributed by atoms with Crippen molar-refractivity contribution in [1.29, 1.82) is 0 Å². The first-order chi connectivity index (χ1) is 10.6. The summed E-state index contributed by atoms with van der Waals surface area (Å²) in [5.41, 5.74) is 0.343. The third-order valence-electron chi connectivity index (χ3n) is 4.59. The topological polar surface area (TPSA) is 62.3 Å². The van der Waals surface area contributed by atoms with Gasteiger partial charge in [-0.25, -0.2) is 9.37 Å². The molecule has 2 saturated heterocycles. The SMILES string of the molecule is CN(C)c1nc(NCC2CC3(CCNCC3)CO2)ncc1F. The molecule has 0 aromatic carbocycles. The van der Waals surface area contributed by atoms with Crippen molar-refractivity contribution in [3.05, 3.63) is 12.0 Å². The Morgan fingerprint density at radius 1 is 1.45 bits per heavy atom. The van der Waals surface area contributed by atoms with Gasteiger partial charge in [-0.3, -0.25) is 0 Å². The quantitative estimate of drug-likeness (QED) is 0.873. The summed E-state index contributed by atoms with van der Waals surface area (Å²) >= 11 is 0. The fourth-order valence-corrected chi connectivity index (χ4v) is 3.29. The van der Waals surface area contributed by atoms with Gasteiger partial charge >= 0.3 is 0 Å². The Labute approximate surface area is 130 Å². The van der Waals surface area contributed by atoms with E-state index in [-0.39, 0.29) is 6.10 Å². The predicted molar refractivity (Wildman–Crippen MR) is 83.7 cm³/mol. The number of aromatic nitrogens is 2. The number of ether oxygens (including phenoxy) is 1. The lowest BCUT2D eigenvalue weighted by Crippen LogP contribution is -2.37. The molecule has 122 valence electrons. The molecule has 6 nitrogen and oxygen atoms in total. The average molecular weight is 309 g/mol. The van der Waals surface area contributed by atoms with Gasteiger partial charge in [0.25, 0.3) is 0 Å². The van der Waals surface area contributed by atoms with Crippen molar-refractivity contribution in [3.63, 3.8) is 0 Å². The molecule has 1 aromatic heterocycles. The number of piperidine rings is 1. The molecule has 3 heterocycles. The van der Waals surface area contributed by atoms with Crippen LogP contribution in [0.5, 0.6) is 0 Å². The third-order valence-corrected chi connectivity index (χ3v) is 4.59. The molecule has 0 amide bonds. The van der Waals surface area contributed by atoms with Crippen LogP contribution in [0.3, 0.4) is 0 Å². The van der Waals surface area contributed by atoms with Crippen LogP contribution in [0.15, 0.2) is 6.20 Å². The Balaban J connectivity index is 1.56. The van der Waals surface area contributed by atoms with Crippen LogP contribution >= 0.6 is 0 Å². The lowest BCUT2D eigenvalue weighted by molar-refractivity contribution is 0.0924. The molecule has 0 saturated carbocycles. The average Bonchev–Trinajstić information content (AvgIpc) is 2.89. The number of anilines is 2. The van der Waals surface area contributed by atoms with Crippen LogP contribution in [0.4, 0.5) is 16.2 Å². The Hall–Kier alpha value is -1.47. The molecule has 2 fully saturated rings. The maximum Gasteiger partial charge on any atom is 0.224 e. The first-order valence-electron chi connectivity index (χ1n) is 7.84. The lowest BCUT2D eigenvalue weighted by Gasteiger charge is -2.32. The van der Waals surface area contributed by atoms with E-state index in [0.29, 0.717) is 23.7 Å². The van der Waals surface area contributed by atoms with Gasteiger partial charge in [-0.05, 0) is 37.8 Å². The molecule has 1 spiro atoms. The van der Waals surface area contributed by atoms with Crippen LogP contribution in [-0.4, -0.2) is 56.4 Å². The fourth-order valence-electron chi connectivity index (χ4n) is 3.29. The number of rotatable bonds is 4. The second-order valence-electron chi connectivity index (χ2n) is 6.53. The zero-order valence-electron chi connectivity index (χ0n) is 13.2. The lowest BCUT2D eigenvalue weighted by atomic mass is 9.77.